The number of amides is 2. The van der Waals surface area contributed by atoms with Crippen LogP contribution in [-0.4, -0.2) is 29.9 Å². The van der Waals surface area contributed by atoms with E-state index < -0.39 is 6.04 Å². The summed E-state index contributed by atoms with van der Waals surface area (Å²) in [6, 6.07) is 10.0. The van der Waals surface area contributed by atoms with Gasteiger partial charge in [0.05, 0.1) is 5.56 Å². The van der Waals surface area contributed by atoms with Gasteiger partial charge in [-0.1, -0.05) is 29.8 Å². The van der Waals surface area contributed by atoms with E-state index in [0.29, 0.717) is 23.6 Å². The van der Waals surface area contributed by atoms with Crippen molar-refractivity contribution in [2.24, 2.45) is 5.92 Å². The van der Waals surface area contributed by atoms with Gasteiger partial charge in [0.15, 0.2) is 0 Å². The number of rotatable bonds is 7. The molecule has 2 amide bonds. The number of likely N-dealkylation sites (N-methyl/N-ethyl adjacent to an activating group) is 1. The molecule has 0 aliphatic heterocycles. The third-order valence-corrected chi connectivity index (χ3v) is 4.14. The van der Waals surface area contributed by atoms with Crippen molar-refractivity contribution in [1.82, 2.24) is 15.6 Å². The molecule has 1 aromatic carbocycles. The Labute approximate surface area is 161 Å². The molecule has 1 atom stereocenters. The average Bonchev–Trinajstić information content (AvgIpc) is 2.62. The Kier molecular flexibility index (Phi) is 7.15. The lowest BCUT2D eigenvalue weighted by Crippen LogP contribution is -2.46. The number of ether oxygens (including phenoxy) is 1. The van der Waals surface area contributed by atoms with E-state index in [9.17, 15) is 9.59 Å². The molecule has 0 saturated carbocycles. The van der Waals surface area contributed by atoms with Gasteiger partial charge >= 0.3 is 0 Å². The van der Waals surface area contributed by atoms with Crippen molar-refractivity contribution in [3.05, 3.63) is 52.6 Å². The van der Waals surface area contributed by atoms with Crippen LogP contribution in [0.4, 0.5) is 0 Å². The molecule has 0 saturated heterocycles. The summed E-state index contributed by atoms with van der Waals surface area (Å²) < 4.78 is 6.59. The maximum atomic E-state index is 12.4. The molecular weight excluding hydrogens is 398 g/mol. The van der Waals surface area contributed by atoms with Gasteiger partial charge in [-0.25, -0.2) is 4.98 Å². The van der Waals surface area contributed by atoms with E-state index in [4.69, 9.17) is 4.74 Å². The molecule has 2 N–H and O–H groups in total. The average molecular weight is 420 g/mol. The van der Waals surface area contributed by atoms with Crippen molar-refractivity contribution >= 4 is 27.7 Å². The van der Waals surface area contributed by atoms with E-state index in [2.05, 4.69) is 31.5 Å². The minimum atomic E-state index is -0.578. The maximum Gasteiger partial charge on any atom is 0.253 e. The van der Waals surface area contributed by atoms with Crippen molar-refractivity contribution < 1.29 is 14.3 Å². The van der Waals surface area contributed by atoms with Crippen LogP contribution in [0.3, 0.4) is 0 Å². The standard InChI is InChI=1S/C19H22BrN3O3/c1-12(2)10-16(19(25)21-3)23-18(24)13-4-9-17(22-11-13)26-15-7-5-14(20)6-8-15/h4-9,11-12,16H,10H2,1-3H3,(H,21,25)(H,23,24). The zero-order valence-electron chi connectivity index (χ0n) is 15.0. The molecule has 0 aliphatic rings. The second-order valence-electron chi connectivity index (χ2n) is 6.21. The van der Waals surface area contributed by atoms with Crippen LogP contribution in [0.25, 0.3) is 0 Å². The topological polar surface area (TPSA) is 80.3 Å². The van der Waals surface area contributed by atoms with Crippen molar-refractivity contribution in [1.29, 1.82) is 0 Å². The number of nitrogens with zero attached hydrogens (tertiary/aromatic N) is 1. The molecule has 26 heavy (non-hydrogen) atoms. The van der Waals surface area contributed by atoms with Crippen molar-refractivity contribution in [2.45, 2.75) is 26.3 Å². The van der Waals surface area contributed by atoms with Gasteiger partial charge in [-0.3, -0.25) is 9.59 Å². The van der Waals surface area contributed by atoms with Crippen LogP contribution in [0.5, 0.6) is 11.6 Å². The van der Waals surface area contributed by atoms with Gasteiger partial charge in [0, 0.05) is 23.8 Å². The van der Waals surface area contributed by atoms with Gasteiger partial charge < -0.3 is 15.4 Å². The SMILES string of the molecule is CNC(=O)C(CC(C)C)NC(=O)c1ccc(Oc2ccc(Br)cc2)nc1. The fourth-order valence-electron chi connectivity index (χ4n) is 2.32. The maximum absolute atomic E-state index is 12.4. The Hall–Kier alpha value is -2.41. The van der Waals surface area contributed by atoms with E-state index in [-0.39, 0.29) is 17.7 Å². The summed E-state index contributed by atoms with van der Waals surface area (Å²) >= 11 is 3.36. The minimum absolute atomic E-state index is 0.213. The lowest BCUT2D eigenvalue weighted by atomic mass is 10.0. The monoisotopic (exact) mass is 419 g/mol. The zero-order valence-corrected chi connectivity index (χ0v) is 16.5. The van der Waals surface area contributed by atoms with Crippen molar-refractivity contribution in [3.8, 4) is 11.6 Å². The van der Waals surface area contributed by atoms with Crippen LogP contribution >= 0.6 is 15.9 Å². The van der Waals surface area contributed by atoms with Gasteiger partial charge in [-0.2, -0.15) is 0 Å². The van der Waals surface area contributed by atoms with Crippen LogP contribution in [0, 0.1) is 5.92 Å². The van der Waals surface area contributed by atoms with Gasteiger partial charge in [-0.05, 0) is 42.7 Å². The molecule has 0 aliphatic carbocycles. The Morgan fingerprint density at radius 1 is 1.15 bits per heavy atom. The third kappa shape index (κ3) is 5.84. The first-order valence-corrected chi connectivity index (χ1v) is 9.10. The fourth-order valence-corrected chi connectivity index (χ4v) is 2.58. The Morgan fingerprint density at radius 2 is 1.85 bits per heavy atom. The third-order valence-electron chi connectivity index (χ3n) is 3.61. The second kappa shape index (κ2) is 9.33. The normalized spacial score (nSPS) is 11.7. The predicted octanol–water partition coefficient (Wildman–Crippen LogP) is 3.53. The number of aromatic nitrogens is 1. The van der Waals surface area contributed by atoms with Crippen LogP contribution < -0.4 is 15.4 Å². The number of carbonyl (C=O) groups excluding carboxylic acids is 2. The molecule has 1 heterocycles. The quantitative estimate of drug-likeness (QED) is 0.718. The van der Waals surface area contributed by atoms with E-state index >= 15 is 0 Å². The van der Waals surface area contributed by atoms with E-state index in [1.807, 2.05) is 38.1 Å². The van der Waals surface area contributed by atoms with E-state index in [1.54, 1.807) is 19.2 Å². The Morgan fingerprint density at radius 3 is 2.38 bits per heavy atom. The lowest BCUT2D eigenvalue weighted by Gasteiger charge is -2.19. The number of carbonyl (C=O) groups is 2. The first-order valence-electron chi connectivity index (χ1n) is 8.31. The summed E-state index contributed by atoms with van der Waals surface area (Å²) in [6.07, 6.45) is 1.99. The Bertz CT molecular complexity index is 746. The summed E-state index contributed by atoms with van der Waals surface area (Å²) in [4.78, 5) is 28.5. The van der Waals surface area contributed by atoms with Crippen LogP contribution in [0.15, 0.2) is 47.1 Å². The van der Waals surface area contributed by atoms with Crippen molar-refractivity contribution in [3.63, 3.8) is 0 Å². The molecule has 1 aromatic heterocycles. The summed E-state index contributed by atoms with van der Waals surface area (Å²) in [7, 11) is 1.55. The molecular formula is C19H22BrN3O3. The molecule has 0 fully saturated rings. The largest absolute Gasteiger partial charge is 0.439 e. The highest BCUT2D eigenvalue weighted by Crippen LogP contribution is 2.21. The highest BCUT2D eigenvalue weighted by molar-refractivity contribution is 9.10. The first-order chi connectivity index (χ1) is 12.4. The van der Waals surface area contributed by atoms with Crippen LogP contribution in [-0.2, 0) is 4.79 Å². The lowest BCUT2D eigenvalue weighted by molar-refractivity contribution is -0.122. The number of benzene rings is 1. The molecule has 0 bridgehead atoms. The summed E-state index contributed by atoms with van der Waals surface area (Å²) in [5, 5.41) is 5.33. The number of nitrogens with one attached hydrogen (secondary N) is 2. The molecule has 2 aromatic rings. The molecule has 6 nitrogen and oxygen atoms in total. The van der Waals surface area contributed by atoms with E-state index in [1.165, 1.54) is 6.20 Å². The van der Waals surface area contributed by atoms with Crippen LogP contribution in [0.2, 0.25) is 0 Å². The van der Waals surface area contributed by atoms with E-state index in [0.717, 1.165) is 4.47 Å². The number of hydrogen-bond acceptors (Lipinski definition) is 4. The van der Waals surface area contributed by atoms with Crippen LogP contribution in [0.1, 0.15) is 30.6 Å². The molecule has 1 unspecified atom stereocenters. The van der Waals surface area contributed by atoms with Gasteiger partial charge in [-0.15, -0.1) is 0 Å². The summed E-state index contributed by atoms with van der Waals surface area (Å²) in [5.41, 5.74) is 0.366. The van der Waals surface area contributed by atoms with Gasteiger partial charge in [0.25, 0.3) is 5.91 Å². The Balaban J connectivity index is 2.02. The highest BCUT2D eigenvalue weighted by atomic mass is 79.9. The fraction of sp³-hybridized carbons (Fsp3) is 0.316. The smallest absolute Gasteiger partial charge is 0.253 e. The molecule has 0 radical (unpaired) electrons. The van der Waals surface area contributed by atoms with Gasteiger partial charge in [0.2, 0.25) is 11.8 Å². The highest BCUT2D eigenvalue weighted by Gasteiger charge is 2.21. The minimum Gasteiger partial charge on any atom is -0.439 e. The molecule has 7 heteroatoms. The first kappa shape index (κ1) is 19.9. The summed E-state index contributed by atoms with van der Waals surface area (Å²) in [6.45, 7) is 4.00. The molecule has 2 rings (SSSR count). The number of halogens is 1. The summed E-state index contributed by atoms with van der Waals surface area (Å²) in [5.74, 6) is 0.748. The van der Waals surface area contributed by atoms with Gasteiger partial charge in [0.1, 0.15) is 11.8 Å². The van der Waals surface area contributed by atoms with Crippen molar-refractivity contribution in [2.75, 3.05) is 7.05 Å². The molecule has 0 spiro atoms. The zero-order chi connectivity index (χ0) is 19.1. The number of pyridine rings is 1. The predicted molar refractivity (Wildman–Crippen MR) is 103 cm³/mol. The number of hydrogen-bond donors (Lipinski definition) is 2. The molecule has 138 valence electrons. The second-order valence-corrected chi connectivity index (χ2v) is 7.13.